The molecule has 0 saturated carbocycles. The minimum absolute atomic E-state index is 0.0213. The molecule has 2 heterocycles. The number of rotatable bonds is 4. The Kier molecular flexibility index (Phi) is 4.87. The van der Waals surface area contributed by atoms with Gasteiger partial charge in [-0.1, -0.05) is 48.5 Å². The maximum absolute atomic E-state index is 12.5. The first-order valence-electron chi connectivity index (χ1n) is 9.05. The monoisotopic (exact) mass is 379 g/mol. The zero-order valence-electron chi connectivity index (χ0n) is 15.7. The van der Waals surface area contributed by atoms with Gasteiger partial charge in [-0.05, 0) is 36.8 Å². The smallest absolute Gasteiger partial charge is 0.266 e. The first kappa shape index (κ1) is 18.1. The first-order valence-corrected chi connectivity index (χ1v) is 9.05. The Morgan fingerprint density at radius 3 is 2.48 bits per heavy atom. The number of aryl methyl sites for hydroxylation is 1. The highest BCUT2D eigenvalue weighted by molar-refractivity contribution is 6.10. The summed E-state index contributed by atoms with van der Waals surface area (Å²) in [6.45, 7) is 1.89. The van der Waals surface area contributed by atoms with E-state index >= 15 is 0 Å². The first-order chi connectivity index (χ1) is 14.2. The third-order valence-corrected chi connectivity index (χ3v) is 4.44. The number of fused-ring (bicyclic) bond motifs is 1. The van der Waals surface area contributed by atoms with Crippen molar-refractivity contribution < 1.29 is 4.79 Å². The molecule has 0 atom stereocenters. The summed E-state index contributed by atoms with van der Waals surface area (Å²) < 4.78 is 1.77. The van der Waals surface area contributed by atoms with Crippen LogP contribution in [0.4, 0.5) is 5.69 Å². The molecule has 2 aromatic carbocycles. The molecule has 1 amide bonds. The van der Waals surface area contributed by atoms with Crippen molar-refractivity contribution >= 4 is 28.7 Å². The lowest BCUT2D eigenvalue weighted by Crippen LogP contribution is -2.13. The summed E-state index contributed by atoms with van der Waals surface area (Å²) in [5.74, 6) is -0.481. The summed E-state index contributed by atoms with van der Waals surface area (Å²) in [5, 5.41) is 17.5. The van der Waals surface area contributed by atoms with Crippen molar-refractivity contribution in [2.45, 2.75) is 6.92 Å². The maximum atomic E-state index is 12.5. The number of carbonyl (C=O) groups is 1. The van der Waals surface area contributed by atoms with Crippen molar-refractivity contribution in [2.24, 2.45) is 0 Å². The van der Waals surface area contributed by atoms with E-state index in [9.17, 15) is 10.1 Å². The lowest BCUT2D eigenvalue weighted by Gasteiger charge is -2.05. The van der Waals surface area contributed by atoms with Crippen LogP contribution >= 0.6 is 0 Å². The number of para-hydroxylation sites is 1. The van der Waals surface area contributed by atoms with Gasteiger partial charge in [-0.3, -0.25) is 4.79 Å². The quantitative estimate of drug-likeness (QED) is 0.424. The second-order valence-corrected chi connectivity index (χ2v) is 6.46. The molecule has 0 bridgehead atoms. The van der Waals surface area contributed by atoms with Crippen LogP contribution in [0.5, 0.6) is 0 Å². The number of hydrogen-bond acceptors (Lipinski definition) is 4. The third-order valence-electron chi connectivity index (χ3n) is 4.44. The number of pyridine rings is 1. The molecule has 1 N–H and O–H groups in total. The van der Waals surface area contributed by atoms with E-state index in [1.807, 2.05) is 79.7 Å². The number of aromatic nitrogens is 3. The largest absolute Gasteiger partial charge is 0.320 e. The van der Waals surface area contributed by atoms with Gasteiger partial charge in [0.05, 0.1) is 23.3 Å². The second-order valence-electron chi connectivity index (χ2n) is 6.46. The predicted molar refractivity (Wildman–Crippen MR) is 112 cm³/mol. The fourth-order valence-electron chi connectivity index (χ4n) is 3.02. The van der Waals surface area contributed by atoms with Gasteiger partial charge in [0.1, 0.15) is 11.6 Å². The number of amides is 1. The molecule has 0 fully saturated rings. The molecule has 0 aliphatic carbocycles. The van der Waals surface area contributed by atoms with Gasteiger partial charge in [0.15, 0.2) is 5.65 Å². The standard InChI is InChI=1S/C23H17N5O/c1-16-21-13-19(15-25-22(21)28(27-16)20-10-6-3-7-11-20)26-23(29)18(14-24)12-17-8-4-2-5-9-17/h2-13,15H,1H3,(H,26,29)/b18-12+. The summed E-state index contributed by atoms with van der Waals surface area (Å²) >= 11 is 0. The number of hydrogen-bond donors (Lipinski definition) is 1. The lowest BCUT2D eigenvalue weighted by molar-refractivity contribution is -0.112. The van der Waals surface area contributed by atoms with Crippen molar-refractivity contribution in [1.29, 1.82) is 5.26 Å². The zero-order chi connectivity index (χ0) is 20.2. The number of nitrogens with zero attached hydrogens (tertiary/aromatic N) is 4. The van der Waals surface area contributed by atoms with Crippen LogP contribution in [0.15, 0.2) is 78.5 Å². The van der Waals surface area contributed by atoms with Gasteiger partial charge in [-0.15, -0.1) is 0 Å². The van der Waals surface area contributed by atoms with E-state index in [0.29, 0.717) is 11.3 Å². The van der Waals surface area contributed by atoms with Gasteiger partial charge in [-0.25, -0.2) is 9.67 Å². The molecule has 0 spiro atoms. The number of nitriles is 1. The molecule has 4 rings (SSSR count). The van der Waals surface area contributed by atoms with E-state index in [4.69, 9.17) is 0 Å². The van der Waals surface area contributed by atoms with E-state index in [2.05, 4.69) is 15.4 Å². The predicted octanol–water partition coefficient (Wildman–Crippen LogP) is 4.27. The highest BCUT2D eigenvalue weighted by atomic mass is 16.1. The molecule has 4 aromatic rings. The van der Waals surface area contributed by atoms with E-state index in [1.54, 1.807) is 17.0 Å². The molecule has 0 aliphatic rings. The lowest BCUT2D eigenvalue weighted by atomic mass is 10.1. The van der Waals surface area contributed by atoms with E-state index in [-0.39, 0.29) is 5.57 Å². The normalized spacial score (nSPS) is 11.2. The summed E-state index contributed by atoms with van der Waals surface area (Å²) in [6, 6.07) is 22.8. The molecule has 29 heavy (non-hydrogen) atoms. The van der Waals surface area contributed by atoms with Gasteiger partial charge < -0.3 is 5.32 Å². The average Bonchev–Trinajstić information content (AvgIpc) is 3.09. The number of nitrogens with one attached hydrogen (secondary N) is 1. The van der Waals surface area contributed by atoms with Crippen LogP contribution in [-0.2, 0) is 4.79 Å². The highest BCUT2D eigenvalue weighted by Crippen LogP contribution is 2.23. The highest BCUT2D eigenvalue weighted by Gasteiger charge is 2.14. The van der Waals surface area contributed by atoms with Crippen molar-refractivity contribution in [3.63, 3.8) is 0 Å². The molecule has 0 saturated heterocycles. The number of carbonyl (C=O) groups excluding carboxylic acids is 1. The van der Waals surface area contributed by atoms with Gasteiger partial charge in [-0.2, -0.15) is 10.4 Å². The topological polar surface area (TPSA) is 83.6 Å². The van der Waals surface area contributed by atoms with Gasteiger partial charge in [0, 0.05) is 5.39 Å². The van der Waals surface area contributed by atoms with Gasteiger partial charge in [0.2, 0.25) is 0 Å². The van der Waals surface area contributed by atoms with Crippen LogP contribution in [0.3, 0.4) is 0 Å². The Morgan fingerprint density at radius 2 is 1.79 bits per heavy atom. The summed E-state index contributed by atoms with van der Waals surface area (Å²) in [7, 11) is 0. The molecule has 2 aromatic heterocycles. The van der Waals surface area contributed by atoms with Crippen LogP contribution in [0.25, 0.3) is 22.8 Å². The van der Waals surface area contributed by atoms with Crippen LogP contribution in [0.1, 0.15) is 11.3 Å². The van der Waals surface area contributed by atoms with E-state index in [1.165, 1.54) is 0 Å². The van der Waals surface area contributed by atoms with Gasteiger partial charge in [0.25, 0.3) is 5.91 Å². The molecule has 6 heteroatoms. The van der Waals surface area contributed by atoms with Crippen molar-refractivity contribution in [2.75, 3.05) is 5.32 Å². The zero-order valence-corrected chi connectivity index (χ0v) is 15.7. The molecule has 6 nitrogen and oxygen atoms in total. The molecule has 0 aliphatic heterocycles. The fraction of sp³-hybridized carbons (Fsp3) is 0.0435. The molecule has 0 radical (unpaired) electrons. The Balaban J connectivity index is 1.64. The molecule has 0 unspecified atom stereocenters. The molecular weight excluding hydrogens is 362 g/mol. The SMILES string of the molecule is Cc1nn(-c2ccccc2)c2ncc(NC(=O)/C(C#N)=C/c3ccccc3)cc12. The minimum atomic E-state index is -0.481. The summed E-state index contributed by atoms with van der Waals surface area (Å²) in [5.41, 5.74) is 3.72. The van der Waals surface area contributed by atoms with Gasteiger partial charge >= 0.3 is 0 Å². The number of benzene rings is 2. The van der Waals surface area contributed by atoms with Crippen LogP contribution in [0, 0.1) is 18.3 Å². The Hall–Kier alpha value is -4.24. The number of anilines is 1. The summed E-state index contributed by atoms with van der Waals surface area (Å²) in [4.78, 5) is 17.0. The maximum Gasteiger partial charge on any atom is 0.266 e. The van der Waals surface area contributed by atoms with Crippen molar-refractivity contribution in [3.8, 4) is 11.8 Å². The average molecular weight is 379 g/mol. The Morgan fingerprint density at radius 1 is 1.10 bits per heavy atom. The Labute approximate surface area is 167 Å². The summed E-state index contributed by atoms with van der Waals surface area (Å²) in [6.07, 6.45) is 3.12. The van der Waals surface area contributed by atoms with Crippen molar-refractivity contribution in [3.05, 3.63) is 89.8 Å². The van der Waals surface area contributed by atoms with Crippen molar-refractivity contribution in [1.82, 2.24) is 14.8 Å². The Bertz CT molecular complexity index is 1250. The van der Waals surface area contributed by atoms with Crippen LogP contribution in [-0.4, -0.2) is 20.7 Å². The molecular formula is C23H17N5O. The molecule has 140 valence electrons. The van der Waals surface area contributed by atoms with Crippen LogP contribution in [0.2, 0.25) is 0 Å². The van der Waals surface area contributed by atoms with E-state index < -0.39 is 5.91 Å². The van der Waals surface area contributed by atoms with Crippen LogP contribution < -0.4 is 5.32 Å². The minimum Gasteiger partial charge on any atom is -0.320 e. The fourth-order valence-corrected chi connectivity index (χ4v) is 3.02. The third kappa shape index (κ3) is 3.75. The van der Waals surface area contributed by atoms with E-state index in [0.717, 1.165) is 22.3 Å². The second kappa shape index (κ2) is 7.79.